The van der Waals surface area contributed by atoms with Crippen molar-refractivity contribution in [3.8, 4) is 11.3 Å². The summed E-state index contributed by atoms with van der Waals surface area (Å²) in [6.45, 7) is 4.60. The van der Waals surface area contributed by atoms with E-state index in [1.54, 1.807) is 12.3 Å². The highest BCUT2D eigenvalue weighted by molar-refractivity contribution is 5.83. The quantitative estimate of drug-likeness (QED) is 0.470. The Morgan fingerprint density at radius 2 is 2.03 bits per heavy atom. The molecular formula is C24H25FN6O. The summed E-state index contributed by atoms with van der Waals surface area (Å²) in [6, 6.07) is 12.7. The first-order valence-electron chi connectivity index (χ1n) is 10.9. The summed E-state index contributed by atoms with van der Waals surface area (Å²) >= 11 is 0. The van der Waals surface area contributed by atoms with Crippen LogP contribution in [0.3, 0.4) is 0 Å². The summed E-state index contributed by atoms with van der Waals surface area (Å²) in [4.78, 5) is 16.6. The van der Waals surface area contributed by atoms with Crippen LogP contribution in [0.4, 0.5) is 10.2 Å². The summed E-state index contributed by atoms with van der Waals surface area (Å²) in [7, 11) is 0. The van der Waals surface area contributed by atoms with Crippen molar-refractivity contribution in [3.05, 3.63) is 70.5 Å². The molecule has 0 unspecified atom stereocenters. The van der Waals surface area contributed by atoms with E-state index in [4.69, 9.17) is 0 Å². The van der Waals surface area contributed by atoms with E-state index in [0.29, 0.717) is 29.1 Å². The second kappa shape index (κ2) is 7.85. The molecule has 3 heterocycles. The van der Waals surface area contributed by atoms with Crippen LogP contribution >= 0.6 is 0 Å². The van der Waals surface area contributed by atoms with Crippen molar-refractivity contribution in [3.63, 3.8) is 0 Å². The molecule has 1 aliphatic rings. The molecule has 7 nitrogen and oxygen atoms in total. The Balaban J connectivity index is 1.35. The standard InChI is InChI=1S/C24H25FN6O/c1-15(2)31-20-8-6-16(13-17(20)23(32)30-31)19-7-9-21(29-28-19)27-14-24(10-4-11-24)22-18(25)5-3-12-26-22/h3,5-9,12-13,15H,4,10-11,14H2,1-2H3,(H,27,29)(H,30,32). The SMILES string of the molecule is CC(C)n1[nH]c(=O)c2cc(-c3ccc(NCC4(c5ncccc5F)CCC4)nn3)ccc21. The summed E-state index contributed by atoms with van der Waals surface area (Å²) in [6.07, 6.45) is 4.49. The van der Waals surface area contributed by atoms with Crippen LogP contribution in [0, 0.1) is 5.82 Å². The Bertz CT molecular complexity index is 1320. The van der Waals surface area contributed by atoms with Crippen LogP contribution in [-0.4, -0.2) is 31.5 Å². The average molecular weight is 433 g/mol. The van der Waals surface area contributed by atoms with E-state index in [-0.39, 0.29) is 22.8 Å². The lowest BCUT2D eigenvalue weighted by atomic mass is 9.66. The van der Waals surface area contributed by atoms with Gasteiger partial charge in [-0.1, -0.05) is 12.5 Å². The molecule has 0 bridgehead atoms. The van der Waals surface area contributed by atoms with Gasteiger partial charge in [-0.3, -0.25) is 19.6 Å². The maximum absolute atomic E-state index is 14.3. The lowest BCUT2D eigenvalue weighted by Gasteiger charge is -2.41. The van der Waals surface area contributed by atoms with Crippen LogP contribution < -0.4 is 10.9 Å². The number of pyridine rings is 1. The van der Waals surface area contributed by atoms with Crippen molar-refractivity contribution < 1.29 is 4.39 Å². The average Bonchev–Trinajstić information content (AvgIpc) is 3.11. The summed E-state index contributed by atoms with van der Waals surface area (Å²) in [5.74, 6) is 0.369. The lowest BCUT2D eigenvalue weighted by Crippen LogP contribution is -2.42. The zero-order chi connectivity index (χ0) is 22.3. The second-order valence-corrected chi connectivity index (χ2v) is 8.76. The summed E-state index contributed by atoms with van der Waals surface area (Å²) in [5, 5.41) is 15.5. The fourth-order valence-corrected chi connectivity index (χ4v) is 4.44. The minimum Gasteiger partial charge on any atom is -0.368 e. The van der Waals surface area contributed by atoms with Gasteiger partial charge in [0.2, 0.25) is 0 Å². The highest BCUT2D eigenvalue weighted by Crippen LogP contribution is 2.43. The molecule has 0 saturated heterocycles. The number of halogens is 1. The Kier molecular flexibility index (Phi) is 5.00. The van der Waals surface area contributed by atoms with Crippen LogP contribution in [0.2, 0.25) is 0 Å². The van der Waals surface area contributed by atoms with Gasteiger partial charge in [0.1, 0.15) is 11.6 Å². The van der Waals surface area contributed by atoms with E-state index in [9.17, 15) is 9.18 Å². The van der Waals surface area contributed by atoms with Crippen molar-refractivity contribution in [1.29, 1.82) is 0 Å². The minimum atomic E-state index is -0.304. The highest BCUT2D eigenvalue weighted by Gasteiger charge is 2.41. The largest absolute Gasteiger partial charge is 0.368 e. The number of hydrogen-bond donors (Lipinski definition) is 2. The molecule has 0 radical (unpaired) electrons. The maximum atomic E-state index is 14.3. The number of hydrogen-bond acceptors (Lipinski definition) is 5. The molecule has 1 saturated carbocycles. The van der Waals surface area contributed by atoms with Gasteiger partial charge in [0, 0.05) is 29.8 Å². The van der Waals surface area contributed by atoms with Crippen LogP contribution in [0.25, 0.3) is 22.2 Å². The normalized spacial score (nSPS) is 15.1. The molecule has 164 valence electrons. The van der Waals surface area contributed by atoms with Crippen LogP contribution in [0.15, 0.2) is 53.5 Å². The van der Waals surface area contributed by atoms with Crippen molar-refractivity contribution in [2.75, 3.05) is 11.9 Å². The summed E-state index contributed by atoms with van der Waals surface area (Å²) < 4.78 is 16.2. The van der Waals surface area contributed by atoms with Gasteiger partial charge in [0.25, 0.3) is 5.56 Å². The van der Waals surface area contributed by atoms with Crippen LogP contribution in [0.5, 0.6) is 0 Å². The number of rotatable bonds is 6. The second-order valence-electron chi connectivity index (χ2n) is 8.76. The molecule has 3 aromatic heterocycles. The fraction of sp³-hybridized carbons (Fsp3) is 0.333. The fourth-order valence-electron chi connectivity index (χ4n) is 4.44. The van der Waals surface area contributed by atoms with Crippen molar-refractivity contribution >= 4 is 16.7 Å². The third kappa shape index (κ3) is 3.45. The van der Waals surface area contributed by atoms with E-state index >= 15 is 0 Å². The van der Waals surface area contributed by atoms with Crippen LogP contribution in [-0.2, 0) is 5.41 Å². The summed E-state index contributed by atoms with van der Waals surface area (Å²) in [5.41, 5.74) is 2.48. The number of aromatic amines is 1. The molecule has 2 N–H and O–H groups in total. The molecule has 0 aliphatic heterocycles. The van der Waals surface area contributed by atoms with Gasteiger partial charge in [-0.25, -0.2) is 4.39 Å². The number of fused-ring (bicyclic) bond motifs is 1. The molecule has 1 aromatic carbocycles. The predicted octanol–water partition coefficient (Wildman–Crippen LogP) is 4.44. The van der Waals surface area contributed by atoms with E-state index in [2.05, 4.69) is 25.6 Å². The van der Waals surface area contributed by atoms with Crippen LogP contribution in [0.1, 0.15) is 44.8 Å². The van der Waals surface area contributed by atoms with Gasteiger partial charge >= 0.3 is 0 Å². The molecular weight excluding hydrogens is 407 g/mol. The van der Waals surface area contributed by atoms with Crippen molar-refractivity contribution in [2.45, 2.75) is 44.6 Å². The van der Waals surface area contributed by atoms with Gasteiger partial charge in [-0.05, 0) is 63.1 Å². The highest BCUT2D eigenvalue weighted by atomic mass is 19.1. The first kappa shape index (κ1) is 20.4. The topological polar surface area (TPSA) is 88.5 Å². The Morgan fingerprint density at radius 3 is 2.69 bits per heavy atom. The number of nitrogens with zero attached hydrogens (tertiary/aromatic N) is 4. The Morgan fingerprint density at radius 1 is 1.19 bits per heavy atom. The Labute approximate surface area is 184 Å². The number of benzene rings is 1. The maximum Gasteiger partial charge on any atom is 0.272 e. The Hall–Kier alpha value is -3.55. The van der Waals surface area contributed by atoms with Gasteiger partial charge < -0.3 is 5.32 Å². The molecule has 1 aliphatic carbocycles. The number of nitrogens with one attached hydrogen (secondary N) is 2. The van der Waals surface area contributed by atoms with Gasteiger partial charge in [0.05, 0.1) is 22.3 Å². The molecule has 8 heteroatoms. The first-order valence-corrected chi connectivity index (χ1v) is 10.9. The predicted molar refractivity (Wildman–Crippen MR) is 122 cm³/mol. The lowest BCUT2D eigenvalue weighted by molar-refractivity contribution is 0.243. The van der Waals surface area contributed by atoms with Crippen molar-refractivity contribution in [2.24, 2.45) is 0 Å². The molecule has 0 spiro atoms. The van der Waals surface area contributed by atoms with E-state index in [1.165, 1.54) is 6.07 Å². The molecule has 5 rings (SSSR count). The smallest absolute Gasteiger partial charge is 0.272 e. The third-order valence-corrected chi connectivity index (χ3v) is 6.38. The number of anilines is 1. The molecule has 4 aromatic rings. The van der Waals surface area contributed by atoms with Gasteiger partial charge in [-0.15, -0.1) is 10.2 Å². The monoisotopic (exact) mass is 432 g/mol. The number of H-pyrrole nitrogens is 1. The molecule has 32 heavy (non-hydrogen) atoms. The first-order chi connectivity index (χ1) is 15.5. The van der Waals surface area contributed by atoms with E-state index < -0.39 is 0 Å². The van der Waals surface area contributed by atoms with E-state index in [1.807, 2.05) is 48.9 Å². The molecule has 0 amide bonds. The number of aromatic nitrogens is 5. The van der Waals surface area contributed by atoms with Gasteiger partial charge in [-0.2, -0.15) is 0 Å². The third-order valence-electron chi connectivity index (χ3n) is 6.38. The van der Waals surface area contributed by atoms with E-state index in [0.717, 1.165) is 30.3 Å². The zero-order valence-corrected chi connectivity index (χ0v) is 18.1. The van der Waals surface area contributed by atoms with Gasteiger partial charge in [0.15, 0.2) is 0 Å². The molecule has 1 fully saturated rings. The minimum absolute atomic E-state index is 0.116. The molecule has 0 atom stereocenters. The zero-order valence-electron chi connectivity index (χ0n) is 18.1. The van der Waals surface area contributed by atoms with Crippen molar-refractivity contribution in [1.82, 2.24) is 25.0 Å².